The van der Waals surface area contributed by atoms with Gasteiger partial charge in [-0.05, 0) is 0 Å². The maximum atomic E-state index is 7.50. The number of methoxy groups -OCH3 is 1. The molecule has 0 aliphatic heterocycles. The SMILES string of the molecule is COc1ccc(C#C[C](=[W])O[C@@H]2C[C@H](C)CC[C@H]2C(C)(C)c2ccccc2)cc1.[C-]#[O+].[C-]#[O+].[C-]#[O+].[C-]#[O+].[C-]#[O+]. The third-order valence-corrected chi connectivity index (χ3v) is 6.87. The van der Waals surface area contributed by atoms with Gasteiger partial charge in [0.1, 0.15) is 0 Å². The summed E-state index contributed by atoms with van der Waals surface area (Å²) in [5.74, 6) is 8.51. The van der Waals surface area contributed by atoms with Crippen LogP contribution in [0, 0.1) is 56.9 Å². The van der Waals surface area contributed by atoms with Crippen molar-refractivity contribution in [2.75, 3.05) is 7.11 Å². The molecule has 1 aliphatic carbocycles. The molecule has 0 N–H and O–H groups in total. The second-order valence-electron chi connectivity index (χ2n) is 8.53. The molecule has 8 heteroatoms. The summed E-state index contributed by atoms with van der Waals surface area (Å²) in [6.07, 6.45) is 3.78. The van der Waals surface area contributed by atoms with Gasteiger partial charge in [0.25, 0.3) is 0 Å². The van der Waals surface area contributed by atoms with Crippen LogP contribution in [0.15, 0.2) is 54.6 Å². The first-order valence-corrected chi connectivity index (χ1v) is 12.8. The zero-order valence-electron chi connectivity index (χ0n) is 22.3. The van der Waals surface area contributed by atoms with E-state index in [0.717, 1.165) is 21.8 Å². The topological polar surface area (TPSA) is 118 Å². The van der Waals surface area contributed by atoms with E-state index >= 15 is 0 Å². The van der Waals surface area contributed by atoms with Gasteiger partial charge in [-0.25, -0.2) is 0 Å². The molecule has 0 bridgehead atoms. The van der Waals surface area contributed by atoms with Gasteiger partial charge in [-0.2, -0.15) is 0 Å². The molecule has 1 fully saturated rings. The first-order valence-electron chi connectivity index (χ1n) is 11.3. The number of hydrogen-bond donors (Lipinski definition) is 0. The molecule has 2 aromatic carbocycles. The van der Waals surface area contributed by atoms with Crippen molar-refractivity contribution in [2.45, 2.75) is 51.6 Å². The summed E-state index contributed by atoms with van der Waals surface area (Å²) in [5.41, 5.74) is 2.44. The van der Waals surface area contributed by atoms with Crippen LogP contribution in [-0.4, -0.2) is 17.3 Å². The van der Waals surface area contributed by atoms with Crippen LogP contribution in [0.4, 0.5) is 0 Å². The van der Waals surface area contributed by atoms with Crippen LogP contribution in [0.1, 0.15) is 51.2 Å². The molecule has 39 heavy (non-hydrogen) atoms. The summed E-state index contributed by atoms with van der Waals surface area (Å²) in [6.45, 7) is 29.6. The van der Waals surface area contributed by atoms with Crippen LogP contribution < -0.4 is 4.74 Å². The molecule has 1 aliphatic rings. The fourth-order valence-electron chi connectivity index (χ4n) is 4.33. The van der Waals surface area contributed by atoms with Gasteiger partial charge in [0.2, 0.25) is 0 Å². The fourth-order valence-corrected chi connectivity index (χ4v) is 4.96. The molecule has 0 aromatic heterocycles. The molecule has 0 heterocycles. The summed E-state index contributed by atoms with van der Waals surface area (Å²) in [5, 5.41) is 0. The summed E-state index contributed by atoms with van der Waals surface area (Å²) >= 11 is 1.29. The molecule has 202 valence electrons. The average molecular weight is 698 g/mol. The molecule has 7 nitrogen and oxygen atoms in total. The normalized spacial score (nSPS) is 16.4. The number of hydrogen-bond acceptors (Lipinski definition) is 2. The Morgan fingerprint density at radius 1 is 0.846 bits per heavy atom. The van der Waals surface area contributed by atoms with E-state index in [0.29, 0.717) is 11.8 Å². The van der Waals surface area contributed by atoms with Crippen molar-refractivity contribution in [3.05, 3.63) is 99.0 Å². The molecular weight excluding hydrogens is 668 g/mol. The minimum atomic E-state index is 0.0745. The van der Waals surface area contributed by atoms with E-state index in [-0.39, 0.29) is 11.5 Å². The molecule has 0 saturated heterocycles. The number of ether oxygens (including phenoxy) is 2. The summed E-state index contributed by atoms with van der Waals surface area (Å²) in [6, 6.07) is 18.7. The Morgan fingerprint density at radius 3 is 1.85 bits per heavy atom. The van der Waals surface area contributed by atoms with E-state index in [4.69, 9.17) is 32.7 Å². The van der Waals surface area contributed by atoms with Crippen molar-refractivity contribution < 1.29 is 52.1 Å². The Hall–Kier alpha value is -2.98. The molecule has 2 aromatic rings. The Balaban J connectivity index is -0.00000116. The van der Waals surface area contributed by atoms with Crippen molar-refractivity contribution in [1.29, 1.82) is 0 Å². The summed E-state index contributed by atoms with van der Waals surface area (Å²) in [7, 11) is 1.67. The zero-order chi connectivity index (χ0) is 30.9. The number of benzene rings is 2. The Kier molecular flexibility index (Phi) is 26.3. The summed E-state index contributed by atoms with van der Waals surface area (Å²) < 4.78 is 50.1. The third-order valence-electron chi connectivity index (χ3n) is 6.16. The Labute approximate surface area is 242 Å². The second-order valence-corrected chi connectivity index (χ2v) is 9.87. The molecule has 0 amide bonds. The molecular formula is C31H30O7W. The predicted octanol–water partition coefficient (Wildman–Crippen LogP) is 5.34. The van der Waals surface area contributed by atoms with Crippen LogP contribution in [0.3, 0.4) is 0 Å². The second kappa shape index (κ2) is 25.3. The van der Waals surface area contributed by atoms with Gasteiger partial charge < -0.3 is 0 Å². The quantitative estimate of drug-likeness (QED) is 0.239. The molecule has 1 saturated carbocycles. The van der Waals surface area contributed by atoms with E-state index in [1.807, 2.05) is 24.3 Å². The maximum absolute atomic E-state index is 7.50. The van der Waals surface area contributed by atoms with Gasteiger partial charge in [0.15, 0.2) is 0 Å². The Morgan fingerprint density at radius 2 is 1.36 bits per heavy atom. The molecule has 0 unspecified atom stereocenters. The van der Waals surface area contributed by atoms with E-state index in [9.17, 15) is 0 Å². The van der Waals surface area contributed by atoms with Crippen molar-refractivity contribution in [2.24, 2.45) is 11.8 Å². The van der Waals surface area contributed by atoms with Crippen molar-refractivity contribution in [1.82, 2.24) is 0 Å². The van der Waals surface area contributed by atoms with Crippen molar-refractivity contribution in [3.63, 3.8) is 0 Å². The fraction of sp³-hybridized carbons (Fsp3) is 0.355. The van der Waals surface area contributed by atoms with Crippen LogP contribution in [0.25, 0.3) is 0 Å². The standard InChI is InChI=1S/C26H30O2.5CO.W/c1-20-12-17-24(26(2,3)22-10-6-5-7-11-22)25(19-20)28-18-8-9-21-13-15-23(27-4)16-14-21;5*1-2;/h5-7,10-11,13-16,20,24-25H,12,17,19H2,1-4H3;;;;;;/t20-,24-,25-;;;;;;/m1....../s1. The number of rotatable bonds is 5. The molecule has 0 spiro atoms. The van der Waals surface area contributed by atoms with Gasteiger partial charge in [-0.1, -0.05) is 0 Å². The van der Waals surface area contributed by atoms with E-state index < -0.39 is 0 Å². The predicted molar refractivity (Wildman–Crippen MR) is 135 cm³/mol. The van der Waals surface area contributed by atoms with Crippen molar-refractivity contribution in [3.8, 4) is 17.6 Å². The Bertz CT molecular complexity index is 1070. The first kappa shape index (κ1) is 40.5. The average Bonchev–Trinajstić information content (AvgIpc) is 3.02. The minimum absolute atomic E-state index is 0.0745. The first-order chi connectivity index (χ1) is 18.9. The van der Waals surface area contributed by atoms with Crippen LogP contribution in [0.5, 0.6) is 5.75 Å². The van der Waals surface area contributed by atoms with E-state index in [1.165, 1.54) is 37.8 Å². The monoisotopic (exact) mass is 698 g/mol. The van der Waals surface area contributed by atoms with Crippen molar-refractivity contribution >= 4 is 4.08 Å². The van der Waals surface area contributed by atoms with Gasteiger partial charge >= 0.3 is 243 Å². The molecule has 0 radical (unpaired) electrons. The van der Waals surface area contributed by atoms with Gasteiger partial charge in [0, 0.05) is 0 Å². The molecule has 3 atom stereocenters. The zero-order valence-corrected chi connectivity index (χ0v) is 25.2. The van der Waals surface area contributed by atoms with Gasteiger partial charge in [-0.3, -0.25) is 0 Å². The van der Waals surface area contributed by atoms with E-state index in [1.54, 1.807) is 7.11 Å². The third kappa shape index (κ3) is 14.7. The van der Waals surface area contributed by atoms with Crippen LogP contribution in [0.2, 0.25) is 0 Å². The summed E-state index contributed by atoms with van der Waals surface area (Å²) in [4.78, 5) is 0. The van der Waals surface area contributed by atoms with Gasteiger partial charge in [0.05, 0.1) is 0 Å². The van der Waals surface area contributed by atoms with Crippen LogP contribution in [-0.2, 0) is 52.8 Å². The van der Waals surface area contributed by atoms with E-state index in [2.05, 4.69) is 96.2 Å². The molecule has 3 rings (SSSR count). The van der Waals surface area contributed by atoms with Gasteiger partial charge in [-0.15, -0.1) is 0 Å². The van der Waals surface area contributed by atoms with Crippen LogP contribution >= 0.6 is 0 Å².